The first-order valence-corrected chi connectivity index (χ1v) is 6.84. The Labute approximate surface area is 106 Å². The summed E-state index contributed by atoms with van der Waals surface area (Å²) in [6.07, 6.45) is 0.843. The normalized spacial score (nSPS) is 10.8. The lowest BCUT2D eigenvalue weighted by Crippen LogP contribution is -2.37. The Hall–Kier alpha value is -0.540. The predicted octanol–water partition coefficient (Wildman–Crippen LogP) is 3.54. The number of nitrogens with zero attached hydrogens (tertiary/aromatic N) is 1. The van der Waals surface area contributed by atoms with Crippen LogP contribution >= 0.6 is 22.9 Å². The third-order valence-electron chi connectivity index (χ3n) is 2.37. The molecule has 0 radical (unpaired) electrons. The molecule has 0 spiro atoms. The van der Waals surface area contributed by atoms with Gasteiger partial charge in [0.1, 0.15) is 0 Å². The first-order valence-electron chi connectivity index (χ1n) is 5.49. The summed E-state index contributed by atoms with van der Waals surface area (Å²) >= 11 is 7.22. The van der Waals surface area contributed by atoms with Crippen molar-refractivity contribution in [3.8, 4) is 0 Å². The van der Waals surface area contributed by atoms with Crippen molar-refractivity contribution in [3.63, 3.8) is 0 Å². The summed E-state index contributed by atoms with van der Waals surface area (Å²) in [6.45, 7) is 6.82. The molecule has 0 fully saturated rings. The van der Waals surface area contributed by atoms with E-state index in [0.717, 1.165) is 17.8 Å². The van der Waals surface area contributed by atoms with Crippen molar-refractivity contribution >= 4 is 28.8 Å². The van der Waals surface area contributed by atoms with Crippen molar-refractivity contribution in [1.29, 1.82) is 0 Å². The van der Waals surface area contributed by atoms with Gasteiger partial charge in [-0.15, -0.1) is 22.9 Å². The first kappa shape index (κ1) is 13.5. The van der Waals surface area contributed by atoms with Crippen LogP contribution in [0.3, 0.4) is 0 Å². The van der Waals surface area contributed by atoms with Gasteiger partial charge in [0.15, 0.2) is 0 Å². The molecule has 1 aromatic rings. The van der Waals surface area contributed by atoms with E-state index in [9.17, 15) is 4.79 Å². The van der Waals surface area contributed by atoms with Gasteiger partial charge in [0.05, 0.1) is 4.88 Å². The number of alkyl halides is 1. The van der Waals surface area contributed by atoms with E-state index in [0.29, 0.717) is 5.88 Å². The minimum atomic E-state index is 0.123. The maximum Gasteiger partial charge on any atom is 0.264 e. The number of carbonyl (C=O) groups excluding carboxylic acids is 1. The molecule has 90 valence electrons. The number of thiophene rings is 1. The van der Waals surface area contributed by atoms with E-state index in [-0.39, 0.29) is 11.9 Å². The highest BCUT2D eigenvalue weighted by molar-refractivity contribution is 7.13. The SMILES string of the molecule is Cc1ccc(C(=O)N(CCCCl)C(C)C)s1. The summed E-state index contributed by atoms with van der Waals surface area (Å²) in [4.78, 5) is 16.1. The lowest BCUT2D eigenvalue weighted by Gasteiger charge is -2.25. The average molecular weight is 260 g/mol. The number of carbonyl (C=O) groups is 1. The third-order valence-corrected chi connectivity index (χ3v) is 3.62. The molecule has 16 heavy (non-hydrogen) atoms. The minimum absolute atomic E-state index is 0.123. The highest BCUT2D eigenvalue weighted by Crippen LogP contribution is 2.18. The van der Waals surface area contributed by atoms with Gasteiger partial charge in [0, 0.05) is 23.3 Å². The van der Waals surface area contributed by atoms with E-state index in [4.69, 9.17) is 11.6 Å². The highest BCUT2D eigenvalue weighted by Gasteiger charge is 2.19. The van der Waals surface area contributed by atoms with E-state index in [1.54, 1.807) is 11.3 Å². The molecular weight excluding hydrogens is 242 g/mol. The summed E-state index contributed by atoms with van der Waals surface area (Å²) in [5.74, 6) is 0.721. The molecule has 0 saturated carbocycles. The van der Waals surface area contributed by atoms with Gasteiger partial charge in [0.25, 0.3) is 5.91 Å². The molecule has 1 aromatic heterocycles. The highest BCUT2D eigenvalue weighted by atomic mass is 35.5. The number of amides is 1. The molecule has 0 unspecified atom stereocenters. The van der Waals surface area contributed by atoms with Crippen LogP contribution in [0.5, 0.6) is 0 Å². The standard InChI is InChI=1S/C12H18ClNOS/c1-9(2)14(8-4-7-13)12(15)11-6-5-10(3)16-11/h5-6,9H,4,7-8H2,1-3H3. The Kier molecular flexibility index (Phi) is 5.29. The maximum atomic E-state index is 12.2. The van der Waals surface area contributed by atoms with Crippen molar-refractivity contribution in [1.82, 2.24) is 4.90 Å². The molecule has 1 amide bonds. The number of hydrogen-bond donors (Lipinski definition) is 0. The van der Waals surface area contributed by atoms with Crippen LogP contribution in [0.25, 0.3) is 0 Å². The number of aryl methyl sites for hydroxylation is 1. The van der Waals surface area contributed by atoms with Gasteiger partial charge in [-0.25, -0.2) is 0 Å². The number of halogens is 1. The van der Waals surface area contributed by atoms with E-state index in [1.807, 2.05) is 37.8 Å². The van der Waals surface area contributed by atoms with Crippen molar-refractivity contribution in [2.45, 2.75) is 33.2 Å². The van der Waals surface area contributed by atoms with Gasteiger partial charge in [0.2, 0.25) is 0 Å². The average Bonchev–Trinajstić information content (AvgIpc) is 2.64. The Morgan fingerprint density at radius 1 is 1.50 bits per heavy atom. The second kappa shape index (κ2) is 6.26. The Morgan fingerprint density at radius 3 is 2.62 bits per heavy atom. The second-order valence-corrected chi connectivity index (χ2v) is 5.71. The van der Waals surface area contributed by atoms with Crippen LogP contribution < -0.4 is 0 Å². The Balaban J connectivity index is 2.74. The molecule has 0 aliphatic heterocycles. The van der Waals surface area contributed by atoms with Crippen LogP contribution in [0.15, 0.2) is 12.1 Å². The largest absolute Gasteiger partial charge is 0.335 e. The molecule has 2 nitrogen and oxygen atoms in total. The fraction of sp³-hybridized carbons (Fsp3) is 0.583. The first-order chi connectivity index (χ1) is 7.56. The summed E-state index contributed by atoms with van der Waals surface area (Å²) in [5, 5.41) is 0. The minimum Gasteiger partial charge on any atom is -0.335 e. The fourth-order valence-corrected chi connectivity index (χ4v) is 2.46. The van der Waals surface area contributed by atoms with E-state index in [2.05, 4.69) is 0 Å². The molecule has 1 rings (SSSR count). The zero-order valence-electron chi connectivity index (χ0n) is 10.00. The predicted molar refractivity (Wildman–Crippen MR) is 70.6 cm³/mol. The van der Waals surface area contributed by atoms with Crippen LogP contribution in [0.2, 0.25) is 0 Å². The van der Waals surface area contributed by atoms with Crippen molar-refractivity contribution in [3.05, 3.63) is 21.9 Å². The lowest BCUT2D eigenvalue weighted by atomic mass is 10.2. The third kappa shape index (κ3) is 3.49. The quantitative estimate of drug-likeness (QED) is 0.741. The van der Waals surface area contributed by atoms with Gasteiger partial charge in [-0.2, -0.15) is 0 Å². The number of rotatable bonds is 5. The molecule has 0 aliphatic rings. The molecule has 0 aliphatic carbocycles. The zero-order valence-corrected chi connectivity index (χ0v) is 11.6. The topological polar surface area (TPSA) is 20.3 Å². The zero-order chi connectivity index (χ0) is 12.1. The van der Waals surface area contributed by atoms with Gasteiger partial charge in [-0.1, -0.05) is 0 Å². The summed E-state index contributed by atoms with van der Waals surface area (Å²) in [5.41, 5.74) is 0. The van der Waals surface area contributed by atoms with Gasteiger partial charge >= 0.3 is 0 Å². The van der Waals surface area contributed by atoms with Crippen LogP contribution in [0, 0.1) is 6.92 Å². The van der Waals surface area contributed by atoms with Gasteiger partial charge in [-0.3, -0.25) is 4.79 Å². The summed E-state index contributed by atoms with van der Waals surface area (Å²) in [6, 6.07) is 4.11. The smallest absolute Gasteiger partial charge is 0.264 e. The van der Waals surface area contributed by atoms with E-state index >= 15 is 0 Å². The van der Waals surface area contributed by atoms with Gasteiger partial charge < -0.3 is 4.90 Å². The maximum absolute atomic E-state index is 12.2. The molecule has 4 heteroatoms. The van der Waals surface area contributed by atoms with E-state index in [1.165, 1.54) is 4.88 Å². The molecule has 0 aromatic carbocycles. The summed E-state index contributed by atoms with van der Waals surface area (Å²) < 4.78 is 0. The molecule has 0 atom stereocenters. The van der Waals surface area contributed by atoms with Crippen LogP contribution in [-0.2, 0) is 0 Å². The second-order valence-electron chi connectivity index (χ2n) is 4.05. The molecule has 0 N–H and O–H groups in total. The Morgan fingerprint density at radius 2 is 2.19 bits per heavy atom. The molecular formula is C12H18ClNOS. The van der Waals surface area contributed by atoms with Crippen LogP contribution in [-0.4, -0.2) is 29.3 Å². The van der Waals surface area contributed by atoms with Crippen molar-refractivity contribution in [2.75, 3.05) is 12.4 Å². The van der Waals surface area contributed by atoms with Crippen molar-refractivity contribution < 1.29 is 4.79 Å². The number of hydrogen-bond acceptors (Lipinski definition) is 2. The van der Waals surface area contributed by atoms with Crippen LogP contribution in [0.4, 0.5) is 0 Å². The summed E-state index contributed by atoms with van der Waals surface area (Å²) in [7, 11) is 0. The fourth-order valence-electron chi connectivity index (χ4n) is 1.52. The molecule has 0 saturated heterocycles. The molecule has 1 heterocycles. The molecule has 0 bridgehead atoms. The monoisotopic (exact) mass is 259 g/mol. The Bertz CT molecular complexity index is 349. The lowest BCUT2D eigenvalue weighted by molar-refractivity contribution is 0.0711. The van der Waals surface area contributed by atoms with E-state index < -0.39 is 0 Å². The van der Waals surface area contributed by atoms with Crippen LogP contribution in [0.1, 0.15) is 34.8 Å². The van der Waals surface area contributed by atoms with Crippen molar-refractivity contribution in [2.24, 2.45) is 0 Å². The van der Waals surface area contributed by atoms with Gasteiger partial charge in [-0.05, 0) is 39.3 Å².